The molecule has 0 saturated heterocycles. The van der Waals surface area contributed by atoms with E-state index in [9.17, 15) is 0 Å². The second-order valence-electron chi connectivity index (χ2n) is 4.08. The van der Waals surface area contributed by atoms with Gasteiger partial charge in [-0.25, -0.2) is 0 Å². The lowest BCUT2D eigenvalue weighted by atomic mass is 10.2. The number of hydrogen-bond acceptors (Lipinski definition) is 2. The molecule has 0 radical (unpaired) electrons. The molecule has 1 N–H and O–H groups in total. The highest BCUT2D eigenvalue weighted by Gasteiger charge is 2.36. The zero-order chi connectivity index (χ0) is 12.7. The molecule has 0 amide bonds. The topological polar surface area (TPSA) is 29.5 Å². The van der Waals surface area contributed by atoms with Gasteiger partial charge in [-0.15, -0.1) is 0 Å². The van der Waals surface area contributed by atoms with E-state index in [2.05, 4.69) is 0 Å². The first-order chi connectivity index (χ1) is 6.21. The van der Waals surface area contributed by atoms with Gasteiger partial charge in [0.1, 0.15) is 0 Å². The van der Waals surface area contributed by atoms with Gasteiger partial charge in [-0.05, 0) is 18.1 Å². The van der Waals surface area contributed by atoms with E-state index in [-0.39, 0.29) is 5.04 Å². The molecule has 0 aliphatic rings. The van der Waals surface area contributed by atoms with Gasteiger partial charge in [-0.2, -0.15) is 0 Å². The van der Waals surface area contributed by atoms with Crippen molar-refractivity contribution in [1.82, 2.24) is 0 Å². The first-order valence-electron chi connectivity index (χ1n) is 5.63. The van der Waals surface area contributed by atoms with Crippen LogP contribution in [0, 0.1) is 0 Å². The molecular formula is C8H20O2Si. The van der Waals surface area contributed by atoms with Crippen molar-refractivity contribution in [1.29, 1.82) is 0 Å². The zero-order valence-electron chi connectivity index (χ0n) is 11.9. The second-order valence-corrected chi connectivity index (χ2v) is 8.80. The lowest BCUT2D eigenvalue weighted by molar-refractivity contribution is 0.189. The molecule has 0 aromatic rings. The van der Waals surface area contributed by atoms with Crippen LogP contribution < -0.4 is 0 Å². The Hall–Kier alpha value is 0.137. The van der Waals surface area contributed by atoms with Crippen LogP contribution in [-0.2, 0) is 4.43 Å². The van der Waals surface area contributed by atoms with E-state index in [1.54, 1.807) is 13.1 Å². The monoisotopic (exact) mass is 180 g/mol. The molecule has 0 saturated carbocycles. The molecule has 11 heavy (non-hydrogen) atoms. The van der Waals surface area contributed by atoms with Crippen molar-refractivity contribution in [3.63, 3.8) is 0 Å². The van der Waals surface area contributed by atoms with E-state index < -0.39 is 21.4 Å². The second kappa shape index (κ2) is 3.69. The summed E-state index contributed by atoms with van der Waals surface area (Å²) in [4.78, 5) is 0. The molecule has 0 aliphatic heterocycles. The summed E-state index contributed by atoms with van der Waals surface area (Å²) in [7, 11) is -2.43. The maximum atomic E-state index is 9.03. The summed E-state index contributed by atoms with van der Waals surface area (Å²) >= 11 is 0. The quantitative estimate of drug-likeness (QED) is 0.673. The van der Waals surface area contributed by atoms with Gasteiger partial charge in [-0.1, -0.05) is 20.8 Å². The summed E-state index contributed by atoms with van der Waals surface area (Å²) < 4.78 is 33.9. The van der Waals surface area contributed by atoms with Crippen molar-refractivity contribution >= 4 is 8.32 Å². The molecule has 0 rings (SSSR count). The fraction of sp³-hybridized carbons (Fsp3) is 1.00. The molecular weight excluding hydrogens is 156 g/mol. The number of aliphatic hydroxyl groups is 1. The van der Waals surface area contributed by atoms with Crippen molar-refractivity contribution < 1.29 is 15.0 Å². The van der Waals surface area contributed by atoms with Crippen molar-refractivity contribution in [3.8, 4) is 0 Å². The Morgan fingerprint density at radius 1 is 1.45 bits per heavy atom. The number of rotatable bonds is 3. The maximum absolute atomic E-state index is 9.03. The molecule has 0 heterocycles. The Morgan fingerprint density at radius 3 is 2.18 bits per heavy atom. The van der Waals surface area contributed by atoms with Gasteiger partial charge in [0.15, 0.2) is 8.32 Å². The standard InChI is InChI=1S/C8H20O2Si/c1-8(2,3)11(4,5)10-7-6-9/h9H,6-7H2,1-5H3/i6D2,7D2. The lowest BCUT2D eigenvalue weighted by Crippen LogP contribution is -2.41. The third-order valence-corrected chi connectivity index (χ3v) is 6.38. The third-order valence-electron chi connectivity index (χ3n) is 2.16. The average molecular weight is 180 g/mol. The minimum absolute atomic E-state index is 0.231. The summed E-state index contributed by atoms with van der Waals surface area (Å²) in [6.07, 6.45) is 0. The SMILES string of the molecule is [2H]C([2H])(O)C([2H])([2H])O[Si](C)(C)C(C)(C)C. The average Bonchev–Trinajstić information content (AvgIpc) is 1.77. The van der Waals surface area contributed by atoms with Crippen LogP contribution in [0.15, 0.2) is 0 Å². The van der Waals surface area contributed by atoms with Gasteiger partial charge in [0, 0.05) is 0 Å². The van der Waals surface area contributed by atoms with Crippen LogP contribution in [-0.4, -0.2) is 26.5 Å². The van der Waals surface area contributed by atoms with Crippen molar-refractivity contribution in [3.05, 3.63) is 0 Å². The summed E-state index contributed by atoms with van der Waals surface area (Å²) in [5.41, 5.74) is 0. The highest BCUT2D eigenvalue weighted by atomic mass is 28.4. The van der Waals surface area contributed by atoms with Crippen LogP contribution in [0.4, 0.5) is 0 Å². The first kappa shape index (κ1) is 5.73. The third kappa shape index (κ3) is 3.36. The van der Waals surface area contributed by atoms with Crippen LogP contribution in [0.25, 0.3) is 0 Å². The van der Waals surface area contributed by atoms with Crippen LogP contribution in [0.2, 0.25) is 18.1 Å². The summed E-state index contributed by atoms with van der Waals surface area (Å²) in [6, 6.07) is 0. The number of hydrogen-bond donors (Lipinski definition) is 1. The van der Waals surface area contributed by atoms with Gasteiger partial charge in [0.05, 0.1) is 18.6 Å². The van der Waals surface area contributed by atoms with E-state index in [1.807, 2.05) is 20.8 Å². The van der Waals surface area contributed by atoms with Gasteiger partial charge in [0.25, 0.3) is 0 Å². The molecule has 0 atom stereocenters. The maximum Gasteiger partial charge on any atom is 0.192 e. The van der Waals surface area contributed by atoms with Gasteiger partial charge in [0.2, 0.25) is 0 Å². The Kier molecular flexibility index (Phi) is 1.92. The molecule has 2 nitrogen and oxygen atoms in total. The van der Waals surface area contributed by atoms with Crippen LogP contribution in [0.1, 0.15) is 26.3 Å². The Bertz CT molecular complexity index is 206. The minimum Gasteiger partial charge on any atom is -0.414 e. The molecule has 0 bridgehead atoms. The Morgan fingerprint density at radius 2 is 1.91 bits per heavy atom. The first-order valence-corrected chi connectivity index (χ1v) is 6.54. The van der Waals surface area contributed by atoms with Crippen LogP contribution in [0.3, 0.4) is 0 Å². The van der Waals surface area contributed by atoms with Crippen LogP contribution >= 0.6 is 0 Å². The summed E-state index contributed by atoms with van der Waals surface area (Å²) in [6.45, 7) is 3.71. The van der Waals surface area contributed by atoms with E-state index in [4.69, 9.17) is 15.0 Å². The van der Waals surface area contributed by atoms with Crippen molar-refractivity contribution in [2.75, 3.05) is 13.1 Å². The van der Waals surface area contributed by atoms with E-state index in [0.29, 0.717) is 0 Å². The largest absolute Gasteiger partial charge is 0.414 e. The fourth-order valence-electron chi connectivity index (χ4n) is 0.303. The zero-order valence-corrected chi connectivity index (χ0v) is 8.86. The van der Waals surface area contributed by atoms with Crippen molar-refractivity contribution in [2.24, 2.45) is 0 Å². The fourth-order valence-corrected chi connectivity index (χ4v) is 0.910. The highest BCUT2D eigenvalue weighted by molar-refractivity contribution is 6.74. The smallest absolute Gasteiger partial charge is 0.192 e. The van der Waals surface area contributed by atoms with Crippen molar-refractivity contribution in [2.45, 2.75) is 38.9 Å². The molecule has 0 spiro atoms. The van der Waals surface area contributed by atoms with Gasteiger partial charge < -0.3 is 9.53 Å². The highest BCUT2D eigenvalue weighted by Crippen LogP contribution is 2.36. The summed E-state index contributed by atoms with van der Waals surface area (Å²) in [5, 5.41) is 8.80. The normalized spacial score (nSPS) is 21.6. The molecule has 68 valence electrons. The molecule has 0 aromatic carbocycles. The molecule has 3 heteroatoms. The van der Waals surface area contributed by atoms with E-state index in [0.717, 1.165) is 0 Å². The Labute approximate surface area is 76.3 Å². The molecule has 0 unspecified atom stereocenters. The predicted octanol–water partition coefficient (Wildman–Crippen LogP) is 2.00. The van der Waals surface area contributed by atoms with E-state index >= 15 is 0 Å². The molecule has 0 aromatic heterocycles. The summed E-state index contributed by atoms with van der Waals surface area (Å²) in [5.74, 6) is 0. The predicted molar refractivity (Wildman–Crippen MR) is 50.2 cm³/mol. The Balaban J connectivity index is 4.89. The minimum atomic E-state index is -2.98. The molecule has 0 aliphatic carbocycles. The van der Waals surface area contributed by atoms with Crippen LogP contribution in [0.5, 0.6) is 0 Å². The van der Waals surface area contributed by atoms with Gasteiger partial charge in [-0.3, -0.25) is 0 Å². The van der Waals surface area contributed by atoms with Gasteiger partial charge >= 0.3 is 0 Å². The molecule has 0 fully saturated rings. The lowest BCUT2D eigenvalue weighted by Gasteiger charge is -2.35. The van der Waals surface area contributed by atoms with E-state index in [1.165, 1.54) is 0 Å².